The lowest BCUT2D eigenvalue weighted by molar-refractivity contribution is -0.870. The van der Waals surface area contributed by atoms with Gasteiger partial charge < -0.3 is 27.9 Å². The first kappa shape index (κ1) is 63.4. The number of ether oxygens (including phenoxy) is 2. The Kier molecular flexibility index (Phi) is 44.9. The smallest absolute Gasteiger partial charge is 0.306 e. The Bertz CT molecular complexity index is 1540. The van der Waals surface area contributed by atoms with Gasteiger partial charge in [-0.3, -0.25) is 14.2 Å². The molecule has 380 valence electrons. The molecule has 0 aromatic rings. The van der Waals surface area contributed by atoms with Crippen molar-refractivity contribution in [3.8, 4) is 0 Å². The zero-order valence-corrected chi connectivity index (χ0v) is 43.7. The van der Waals surface area contributed by atoms with Crippen LogP contribution in [0.1, 0.15) is 174 Å². The van der Waals surface area contributed by atoms with Crippen LogP contribution >= 0.6 is 7.82 Å². The molecule has 0 aromatic carbocycles. The number of quaternary nitrogens is 1. The Balaban J connectivity index is 4.33. The highest BCUT2D eigenvalue weighted by Gasteiger charge is 2.21. The Morgan fingerprint density at radius 2 is 0.851 bits per heavy atom. The molecule has 0 aliphatic carbocycles. The number of likely N-dealkylation sites (N-methyl/N-ethyl adjacent to an activating group) is 1. The van der Waals surface area contributed by atoms with Gasteiger partial charge in [-0.05, 0) is 103 Å². The molecule has 2 atom stereocenters. The normalized spacial score (nSPS) is 14.4. The molecule has 0 rings (SSSR count). The number of nitrogens with zero attached hydrogens (tertiary/aromatic N) is 1. The van der Waals surface area contributed by atoms with E-state index in [4.69, 9.17) is 18.5 Å². The second-order valence-electron chi connectivity index (χ2n) is 17.8. The molecule has 0 bridgehead atoms. The number of carbonyl (C=O) groups is 2. The van der Waals surface area contributed by atoms with E-state index in [1.807, 2.05) is 21.1 Å². The third kappa shape index (κ3) is 51.6. The number of allylic oxidation sites excluding steroid dienone is 20. The number of phosphoric acid groups is 1. The molecular weight excluding hydrogens is 858 g/mol. The van der Waals surface area contributed by atoms with Gasteiger partial charge in [0.25, 0.3) is 7.82 Å². The Labute approximate surface area is 409 Å². The summed E-state index contributed by atoms with van der Waals surface area (Å²) in [5.74, 6) is -0.892. The predicted molar refractivity (Wildman–Crippen MR) is 281 cm³/mol. The van der Waals surface area contributed by atoms with E-state index in [1.165, 1.54) is 12.8 Å². The van der Waals surface area contributed by atoms with Crippen LogP contribution < -0.4 is 4.89 Å². The van der Waals surface area contributed by atoms with Crippen molar-refractivity contribution < 1.29 is 42.1 Å². The molecule has 9 nitrogen and oxygen atoms in total. The summed E-state index contributed by atoms with van der Waals surface area (Å²) in [7, 11) is 1.12. The summed E-state index contributed by atoms with van der Waals surface area (Å²) < 4.78 is 34.0. The van der Waals surface area contributed by atoms with E-state index >= 15 is 0 Å². The van der Waals surface area contributed by atoms with Gasteiger partial charge in [0, 0.05) is 12.8 Å². The Morgan fingerprint density at radius 3 is 1.27 bits per heavy atom. The minimum Gasteiger partial charge on any atom is -0.756 e. The summed E-state index contributed by atoms with van der Waals surface area (Å²) in [4.78, 5) is 37.7. The molecule has 0 amide bonds. The van der Waals surface area contributed by atoms with Crippen LogP contribution in [0, 0.1) is 0 Å². The average Bonchev–Trinajstić information content (AvgIpc) is 3.29. The van der Waals surface area contributed by atoms with Gasteiger partial charge in [-0.1, -0.05) is 180 Å². The van der Waals surface area contributed by atoms with Crippen molar-refractivity contribution in [3.63, 3.8) is 0 Å². The molecule has 0 saturated heterocycles. The van der Waals surface area contributed by atoms with Crippen molar-refractivity contribution in [2.24, 2.45) is 0 Å². The number of rotatable bonds is 45. The minimum atomic E-state index is -4.65. The van der Waals surface area contributed by atoms with E-state index in [1.54, 1.807) is 0 Å². The highest BCUT2D eigenvalue weighted by Crippen LogP contribution is 2.38. The summed E-state index contributed by atoms with van der Waals surface area (Å²) in [6.07, 6.45) is 66.6. The van der Waals surface area contributed by atoms with Crippen molar-refractivity contribution in [1.29, 1.82) is 0 Å². The Morgan fingerprint density at radius 1 is 0.478 bits per heavy atom. The lowest BCUT2D eigenvalue weighted by Gasteiger charge is -2.28. The highest BCUT2D eigenvalue weighted by atomic mass is 31.2. The van der Waals surface area contributed by atoms with Crippen molar-refractivity contribution in [3.05, 3.63) is 122 Å². The van der Waals surface area contributed by atoms with Crippen LogP contribution in [0.4, 0.5) is 0 Å². The number of hydrogen-bond acceptors (Lipinski definition) is 8. The van der Waals surface area contributed by atoms with E-state index in [2.05, 4.69) is 135 Å². The van der Waals surface area contributed by atoms with Gasteiger partial charge in [0.05, 0.1) is 27.7 Å². The maximum absolute atomic E-state index is 12.7. The molecule has 0 fully saturated rings. The van der Waals surface area contributed by atoms with Gasteiger partial charge in [-0.15, -0.1) is 0 Å². The number of phosphoric ester groups is 1. The second-order valence-corrected chi connectivity index (χ2v) is 19.2. The van der Waals surface area contributed by atoms with Crippen LogP contribution in [-0.4, -0.2) is 70.0 Å². The van der Waals surface area contributed by atoms with Gasteiger partial charge in [-0.25, -0.2) is 0 Å². The number of hydrogen-bond donors (Lipinski definition) is 0. The van der Waals surface area contributed by atoms with Gasteiger partial charge in [0.15, 0.2) is 6.10 Å². The molecule has 67 heavy (non-hydrogen) atoms. The van der Waals surface area contributed by atoms with E-state index in [0.717, 1.165) is 122 Å². The average molecular weight is 952 g/mol. The largest absolute Gasteiger partial charge is 0.756 e. The first-order chi connectivity index (χ1) is 32.5. The van der Waals surface area contributed by atoms with Crippen LogP contribution in [0.5, 0.6) is 0 Å². The maximum atomic E-state index is 12.7. The summed E-state index contributed by atoms with van der Waals surface area (Å²) in [5, 5.41) is 0. The van der Waals surface area contributed by atoms with Crippen molar-refractivity contribution in [2.45, 2.75) is 180 Å². The summed E-state index contributed by atoms with van der Waals surface area (Å²) in [6.45, 7) is 4.00. The summed E-state index contributed by atoms with van der Waals surface area (Å²) >= 11 is 0. The molecule has 0 saturated carbocycles. The van der Waals surface area contributed by atoms with Gasteiger partial charge in [-0.2, -0.15) is 0 Å². The molecule has 0 heterocycles. The molecule has 0 aliphatic heterocycles. The first-order valence-corrected chi connectivity index (χ1v) is 27.2. The molecule has 10 heteroatoms. The number of unbranched alkanes of at least 4 members (excludes halogenated alkanes) is 11. The lowest BCUT2D eigenvalue weighted by Crippen LogP contribution is -2.37. The standard InChI is InChI=1S/C57H94NO8P/c1-6-8-10-12-14-16-18-20-22-23-24-25-26-27-28-29-30-31-32-33-34-35-36-38-40-42-44-46-48-50-57(60)66-55(54-65-67(61,62)64-52-51-58(3,4)5)53-63-56(59)49-47-45-43-41-39-37-21-19-17-15-13-11-9-7-2/h8,10,13-16,19-22,24-25,27-28,30-31,33-34,36,38,55H,6-7,9,11-12,17-18,23,26,29,32,35,37,39-54H2,1-5H3/b10-8-,15-13-,16-14-,21-19-,22-20-,25-24-,28-27-,31-30-,34-33-,38-36-. The van der Waals surface area contributed by atoms with Gasteiger partial charge in [0.2, 0.25) is 0 Å². The van der Waals surface area contributed by atoms with Crippen LogP contribution in [0.15, 0.2) is 122 Å². The van der Waals surface area contributed by atoms with Crippen LogP contribution in [0.2, 0.25) is 0 Å². The van der Waals surface area contributed by atoms with Crippen LogP contribution in [0.3, 0.4) is 0 Å². The fraction of sp³-hybridized carbons (Fsp3) is 0.614. The van der Waals surface area contributed by atoms with Crippen LogP contribution in [0.25, 0.3) is 0 Å². The molecule has 0 spiro atoms. The second kappa shape index (κ2) is 47.5. The zero-order valence-electron chi connectivity index (χ0n) is 42.8. The SMILES string of the molecule is CC/C=C\C/C=C\C/C=C\C/C=C\C/C=C\C/C=C\C/C=C\C/C=C\CCCCCCC(=O)OC(COC(=O)CCCCCCC/C=C\C/C=C\CCCC)COP(=O)([O-])OCC[N+](C)(C)C. The quantitative estimate of drug-likeness (QED) is 0.0195. The van der Waals surface area contributed by atoms with Crippen molar-refractivity contribution >= 4 is 19.8 Å². The summed E-state index contributed by atoms with van der Waals surface area (Å²) in [6, 6.07) is 0. The Hall–Kier alpha value is -3.59. The molecule has 0 aromatic heterocycles. The maximum Gasteiger partial charge on any atom is 0.306 e. The monoisotopic (exact) mass is 952 g/mol. The molecular formula is C57H94NO8P. The van der Waals surface area contributed by atoms with E-state index in [9.17, 15) is 19.0 Å². The molecule has 0 N–H and O–H groups in total. The zero-order chi connectivity index (χ0) is 49.2. The number of esters is 2. The lowest BCUT2D eigenvalue weighted by atomic mass is 10.1. The van der Waals surface area contributed by atoms with E-state index in [-0.39, 0.29) is 26.1 Å². The topological polar surface area (TPSA) is 111 Å². The molecule has 2 unspecified atom stereocenters. The van der Waals surface area contributed by atoms with Gasteiger partial charge in [0.1, 0.15) is 19.8 Å². The minimum absolute atomic E-state index is 0.0459. The van der Waals surface area contributed by atoms with E-state index in [0.29, 0.717) is 23.9 Å². The predicted octanol–water partition coefficient (Wildman–Crippen LogP) is 15.0. The van der Waals surface area contributed by atoms with Gasteiger partial charge >= 0.3 is 11.9 Å². The highest BCUT2D eigenvalue weighted by molar-refractivity contribution is 7.45. The van der Waals surface area contributed by atoms with Crippen molar-refractivity contribution in [1.82, 2.24) is 0 Å². The molecule has 0 radical (unpaired) electrons. The van der Waals surface area contributed by atoms with E-state index < -0.39 is 32.5 Å². The third-order valence-electron chi connectivity index (χ3n) is 10.2. The third-order valence-corrected chi connectivity index (χ3v) is 11.2. The van der Waals surface area contributed by atoms with Crippen LogP contribution in [-0.2, 0) is 32.7 Å². The summed E-state index contributed by atoms with van der Waals surface area (Å²) in [5.41, 5.74) is 0. The fourth-order valence-electron chi connectivity index (χ4n) is 6.21. The fourth-order valence-corrected chi connectivity index (χ4v) is 6.94. The molecule has 0 aliphatic rings. The number of carbonyl (C=O) groups excluding carboxylic acids is 2. The first-order valence-electron chi connectivity index (χ1n) is 25.7. The van der Waals surface area contributed by atoms with Crippen molar-refractivity contribution in [2.75, 3.05) is 47.5 Å².